The van der Waals surface area contributed by atoms with Crippen LogP contribution in [0.15, 0.2) is 0 Å². The van der Waals surface area contributed by atoms with E-state index in [9.17, 15) is 4.79 Å². The minimum absolute atomic E-state index is 0. The quantitative estimate of drug-likeness (QED) is 0.807. The van der Waals surface area contributed by atoms with Gasteiger partial charge in [-0.2, -0.15) is 0 Å². The summed E-state index contributed by atoms with van der Waals surface area (Å²) in [4.78, 5) is 16.1. The normalized spacial score (nSPS) is 17.6. The van der Waals surface area contributed by atoms with Gasteiger partial charge in [-0.25, -0.2) is 0 Å². The molecule has 1 aliphatic rings. The second-order valence-electron chi connectivity index (χ2n) is 4.99. The minimum Gasteiger partial charge on any atom is -0.370 e. The van der Waals surface area contributed by atoms with Gasteiger partial charge >= 0.3 is 0 Å². The van der Waals surface area contributed by atoms with Crippen LogP contribution < -0.4 is 5.73 Å². The number of hydrogen-bond donors (Lipinski definition) is 1. The number of carbonyl (C=O) groups excluding carboxylic acids is 1. The number of piperidine rings is 1. The zero-order valence-corrected chi connectivity index (χ0v) is 13.6. The predicted molar refractivity (Wildman–Crippen MR) is 82.2 cm³/mol. The molecular formula is C12H27Cl2N3O2. The number of halogens is 2. The van der Waals surface area contributed by atoms with Crippen LogP contribution in [-0.4, -0.2) is 69.2 Å². The largest absolute Gasteiger partial charge is 0.370 e. The average molecular weight is 316 g/mol. The van der Waals surface area contributed by atoms with E-state index in [-0.39, 0.29) is 37.3 Å². The molecule has 1 saturated heterocycles. The standard InChI is InChI=1S/C12H25N3O2.2ClH/c1-14(2)9-10-4-6-15(7-5-10)12(16)11(8-13)17-3;;/h10-11H,4-9,13H2,1-3H3;2*1H. The molecule has 7 heteroatoms. The number of methoxy groups -OCH3 is 1. The summed E-state index contributed by atoms with van der Waals surface area (Å²) >= 11 is 0. The first-order valence-corrected chi connectivity index (χ1v) is 6.24. The number of carbonyl (C=O) groups is 1. The fourth-order valence-corrected chi connectivity index (χ4v) is 2.35. The molecule has 0 spiro atoms. The number of nitrogens with two attached hydrogens (primary N) is 1. The van der Waals surface area contributed by atoms with Crippen LogP contribution in [0.1, 0.15) is 12.8 Å². The average Bonchev–Trinajstić information content (AvgIpc) is 2.30. The molecule has 0 saturated carbocycles. The first-order valence-electron chi connectivity index (χ1n) is 6.24. The van der Waals surface area contributed by atoms with E-state index in [4.69, 9.17) is 10.5 Å². The fourth-order valence-electron chi connectivity index (χ4n) is 2.35. The molecule has 1 heterocycles. The van der Waals surface area contributed by atoms with Crippen molar-refractivity contribution < 1.29 is 9.53 Å². The van der Waals surface area contributed by atoms with Crippen LogP contribution in [0.4, 0.5) is 0 Å². The first kappa shape index (κ1) is 21.2. The molecule has 116 valence electrons. The highest BCUT2D eigenvalue weighted by atomic mass is 35.5. The lowest BCUT2D eigenvalue weighted by molar-refractivity contribution is -0.142. The molecule has 0 aromatic heterocycles. The number of rotatable bonds is 5. The van der Waals surface area contributed by atoms with Gasteiger partial charge in [0.05, 0.1) is 0 Å². The van der Waals surface area contributed by atoms with Crippen LogP contribution in [0.2, 0.25) is 0 Å². The monoisotopic (exact) mass is 315 g/mol. The van der Waals surface area contributed by atoms with Crippen molar-refractivity contribution in [3.8, 4) is 0 Å². The van der Waals surface area contributed by atoms with Gasteiger partial charge in [0, 0.05) is 33.3 Å². The lowest BCUT2D eigenvalue weighted by Crippen LogP contribution is -2.47. The summed E-state index contributed by atoms with van der Waals surface area (Å²) in [7, 11) is 5.72. The van der Waals surface area contributed by atoms with Gasteiger partial charge < -0.3 is 20.3 Å². The number of amides is 1. The van der Waals surface area contributed by atoms with E-state index in [2.05, 4.69) is 19.0 Å². The summed E-state index contributed by atoms with van der Waals surface area (Å²) in [6.45, 7) is 3.02. The molecule has 0 aromatic rings. The second-order valence-corrected chi connectivity index (χ2v) is 4.99. The lowest BCUT2D eigenvalue weighted by Gasteiger charge is -2.34. The number of nitrogens with zero attached hydrogens (tertiary/aromatic N) is 2. The zero-order valence-electron chi connectivity index (χ0n) is 12.0. The smallest absolute Gasteiger partial charge is 0.253 e. The second kappa shape index (κ2) is 10.7. The minimum atomic E-state index is -0.472. The van der Waals surface area contributed by atoms with Gasteiger partial charge in [-0.1, -0.05) is 0 Å². The highest BCUT2D eigenvalue weighted by Gasteiger charge is 2.27. The van der Waals surface area contributed by atoms with E-state index in [0.29, 0.717) is 5.92 Å². The van der Waals surface area contributed by atoms with E-state index in [0.717, 1.165) is 32.5 Å². The maximum absolute atomic E-state index is 12.0. The molecule has 0 bridgehead atoms. The Balaban J connectivity index is 0. The molecule has 2 N–H and O–H groups in total. The highest BCUT2D eigenvalue weighted by Crippen LogP contribution is 2.18. The third-order valence-corrected chi connectivity index (χ3v) is 3.32. The van der Waals surface area contributed by atoms with Gasteiger partial charge in [-0.05, 0) is 32.9 Å². The number of likely N-dealkylation sites (tertiary alicyclic amines) is 1. The van der Waals surface area contributed by atoms with Crippen molar-refractivity contribution >= 4 is 30.7 Å². The first-order chi connectivity index (χ1) is 8.08. The van der Waals surface area contributed by atoms with Gasteiger partial charge in [-0.15, -0.1) is 24.8 Å². The molecule has 1 rings (SSSR count). The van der Waals surface area contributed by atoms with Gasteiger partial charge in [0.15, 0.2) is 0 Å². The van der Waals surface area contributed by atoms with Crippen molar-refractivity contribution in [3.63, 3.8) is 0 Å². The van der Waals surface area contributed by atoms with E-state index in [1.807, 2.05) is 4.90 Å². The molecule has 1 atom stereocenters. The molecule has 5 nitrogen and oxygen atoms in total. The zero-order chi connectivity index (χ0) is 12.8. The number of ether oxygens (including phenoxy) is 1. The van der Waals surface area contributed by atoms with Crippen LogP contribution >= 0.6 is 24.8 Å². The molecule has 0 aromatic carbocycles. The Kier molecular flexibility index (Phi) is 11.9. The van der Waals surface area contributed by atoms with Gasteiger partial charge in [-0.3, -0.25) is 4.79 Å². The van der Waals surface area contributed by atoms with E-state index >= 15 is 0 Å². The van der Waals surface area contributed by atoms with Crippen LogP contribution in [0.3, 0.4) is 0 Å². The lowest BCUT2D eigenvalue weighted by atomic mass is 9.96. The maximum atomic E-state index is 12.0. The van der Waals surface area contributed by atoms with E-state index in [1.54, 1.807) is 0 Å². The Labute approximate surface area is 128 Å². The van der Waals surface area contributed by atoms with Crippen molar-refractivity contribution in [2.45, 2.75) is 18.9 Å². The molecular weight excluding hydrogens is 289 g/mol. The Bertz CT molecular complexity index is 243. The Morgan fingerprint density at radius 3 is 2.26 bits per heavy atom. The summed E-state index contributed by atoms with van der Waals surface area (Å²) in [5.74, 6) is 0.742. The van der Waals surface area contributed by atoms with Crippen LogP contribution in [0.5, 0.6) is 0 Å². The molecule has 1 fully saturated rings. The van der Waals surface area contributed by atoms with E-state index in [1.165, 1.54) is 7.11 Å². The highest BCUT2D eigenvalue weighted by molar-refractivity contribution is 5.85. The van der Waals surface area contributed by atoms with Crippen molar-refractivity contribution in [3.05, 3.63) is 0 Å². The summed E-state index contributed by atoms with van der Waals surface area (Å²) in [5.41, 5.74) is 5.50. The van der Waals surface area contributed by atoms with Crippen molar-refractivity contribution in [2.24, 2.45) is 11.7 Å². The van der Waals surface area contributed by atoms with Crippen LogP contribution in [0.25, 0.3) is 0 Å². The molecule has 1 amide bonds. The fraction of sp³-hybridized carbons (Fsp3) is 0.917. The Hall–Kier alpha value is -0.0700. The van der Waals surface area contributed by atoms with Gasteiger partial charge in [0.2, 0.25) is 0 Å². The van der Waals surface area contributed by atoms with Crippen LogP contribution in [0, 0.1) is 5.92 Å². The van der Waals surface area contributed by atoms with Crippen molar-refractivity contribution in [1.29, 1.82) is 0 Å². The van der Waals surface area contributed by atoms with Crippen molar-refractivity contribution in [2.75, 3.05) is 47.4 Å². The SMILES string of the molecule is COC(CN)C(=O)N1CCC(CN(C)C)CC1.Cl.Cl. The van der Waals surface area contributed by atoms with Gasteiger partial charge in [0.1, 0.15) is 6.10 Å². The molecule has 1 unspecified atom stereocenters. The van der Waals surface area contributed by atoms with Crippen LogP contribution in [-0.2, 0) is 9.53 Å². The Morgan fingerprint density at radius 2 is 1.89 bits per heavy atom. The van der Waals surface area contributed by atoms with Crippen molar-refractivity contribution in [1.82, 2.24) is 9.80 Å². The maximum Gasteiger partial charge on any atom is 0.253 e. The summed E-state index contributed by atoms with van der Waals surface area (Å²) in [6.07, 6.45) is 1.68. The topological polar surface area (TPSA) is 58.8 Å². The summed E-state index contributed by atoms with van der Waals surface area (Å²) in [6, 6.07) is 0. The number of hydrogen-bond acceptors (Lipinski definition) is 4. The predicted octanol–water partition coefficient (Wildman–Crippen LogP) is 0.604. The van der Waals surface area contributed by atoms with Gasteiger partial charge in [0.25, 0.3) is 5.91 Å². The molecule has 19 heavy (non-hydrogen) atoms. The molecule has 0 aliphatic carbocycles. The summed E-state index contributed by atoms with van der Waals surface area (Å²) in [5, 5.41) is 0. The third-order valence-electron chi connectivity index (χ3n) is 3.32. The van der Waals surface area contributed by atoms with E-state index < -0.39 is 6.10 Å². The molecule has 0 radical (unpaired) electrons. The Morgan fingerprint density at radius 1 is 1.37 bits per heavy atom. The third kappa shape index (κ3) is 6.77. The molecule has 1 aliphatic heterocycles. The summed E-state index contributed by atoms with van der Waals surface area (Å²) < 4.78 is 5.08.